The number of hydrogen-bond acceptors (Lipinski definition) is 3. The highest BCUT2D eigenvalue weighted by Crippen LogP contribution is 2.17. The molecule has 1 aromatic rings. The van der Waals surface area contributed by atoms with Gasteiger partial charge in [0.2, 0.25) is 5.91 Å². The molecule has 1 amide bonds. The van der Waals surface area contributed by atoms with Gasteiger partial charge in [-0.05, 0) is 31.7 Å². The summed E-state index contributed by atoms with van der Waals surface area (Å²) in [6, 6.07) is 2.49. The lowest BCUT2D eigenvalue weighted by atomic mass is 9.91. The maximum atomic E-state index is 12.0. The van der Waals surface area contributed by atoms with Crippen molar-refractivity contribution in [3.05, 3.63) is 18.5 Å². The molecule has 2 rings (SSSR count). The Labute approximate surface area is 108 Å². The highest BCUT2D eigenvalue weighted by Gasteiger charge is 2.22. The second-order valence-corrected chi connectivity index (χ2v) is 5.25. The fraction of sp³-hybridized carbons (Fsp3) is 0.692. The van der Waals surface area contributed by atoms with Crippen molar-refractivity contribution in [2.75, 3.05) is 0 Å². The van der Waals surface area contributed by atoms with E-state index in [9.17, 15) is 4.79 Å². The predicted molar refractivity (Wildman–Crippen MR) is 69.8 cm³/mol. The van der Waals surface area contributed by atoms with Gasteiger partial charge in [-0.25, -0.2) is 0 Å². The minimum atomic E-state index is -0.0551. The van der Waals surface area contributed by atoms with E-state index in [2.05, 4.69) is 10.4 Å². The molecule has 1 aliphatic carbocycles. The number of nitrogens with zero attached hydrogens (tertiary/aromatic N) is 2. The minimum absolute atomic E-state index is 0.0551. The highest BCUT2D eigenvalue weighted by molar-refractivity contribution is 5.78. The number of aromatic nitrogens is 2. The summed E-state index contributed by atoms with van der Waals surface area (Å²) < 4.78 is 1.79. The monoisotopic (exact) mass is 250 g/mol. The van der Waals surface area contributed by atoms with Gasteiger partial charge < -0.3 is 11.1 Å². The molecule has 0 radical (unpaired) electrons. The molecule has 100 valence electrons. The van der Waals surface area contributed by atoms with Crippen molar-refractivity contribution < 1.29 is 4.79 Å². The van der Waals surface area contributed by atoms with Crippen LogP contribution in [0.5, 0.6) is 0 Å². The molecule has 1 unspecified atom stereocenters. The van der Waals surface area contributed by atoms with Gasteiger partial charge in [0.25, 0.3) is 0 Å². The molecule has 1 heterocycles. The summed E-state index contributed by atoms with van der Waals surface area (Å²) in [5, 5.41) is 7.23. The second kappa shape index (κ2) is 6.00. The highest BCUT2D eigenvalue weighted by atomic mass is 16.1. The Bertz CT molecular complexity index is 368. The lowest BCUT2D eigenvalue weighted by Crippen LogP contribution is -2.43. The van der Waals surface area contributed by atoms with E-state index in [0.717, 1.165) is 25.7 Å². The van der Waals surface area contributed by atoms with E-state index in [1.807, 2.05) is 19.2 Å². The van der Waals surface area contributed by atoms with E-state index < -0.39 is 0 Å². The molecule has 0 saturated heterocycles. The van der Waals surface area contributed by atoms with Crippen molar-refractivity contribution in [1.82, 2.24) is 15.1 Å². The van der Waals surface area contributed by atoms with Crippen LogP contribution in [-0.2, 0) is 11.3 Å². The topological polar surface area (TPSA) is 72.9 Å². The molecule has 0 spiro atoms. The molecule has 3 N–H and O–H groups in total. The van der Waals surface area contributed by atoms with Gasteiger partial charge in [-0.15, -0.1) is 0 Å². The van der Waals surface area contributed by atoms with Gasteiger partial charge in [-0.1, -0.05) is 6.92 Å². The Kier molecular flexibility index (Phi) is 4.36. The third-order valence-corrected chi connectivity index (χ3v) is 3.59. The van der Waals surface area contributed by atoms with E-state index >= 15 is 0 Å². The average Bonchev–Trinajstić information content (AvgIpc) is 2.85. The number of carbonyl (C=O) groups is 1. The number of rotatable bonds is 4. The van der Waals surface area contributed by atoms with Crippen LogP contribution in [0.25, 0.3) is 0 Å². The van der Waals surface area contributed by atoms with Crippen molar-refractivity contribution in [2.45, 2.75) is 51.2 Å². The first kappa shape index (κ1) is 13.1. The summed E-state index contributed by atoms with van der Waals surface area (Å²) >= 11 is 0. The largest absolute Gasteiger partial charge is 0.353 e. The van der Waals surface area contributed by atoms with Crippen LogP contribution in [0.3, 0.4) is 0 Å². The van der Waals surface area contributed by atoms with Crippen molar-refractivity contribution >= 4 is 5.91 Å². The molecule has 1 fully saturated rings. The zero-order valence-corrected chi connectivity index (χ0v) is 10.9. The molecular formula is C13H22N4O. The van der Waals surface area contributed by atoms with Gasteiger partial charge in [0, 0.05) is 24.5 Å². The minimum Gasteiger partial charge on any atom is -0.353 e. The Morgan fingerprint density at radius 2 is 2.22 bits per heavy atom. The van der Waals surface area contributed by atoms with Gasteiger partial charge in [0.05, 0.1) is 12.5 Å². The Morgan fingerprint density at radius 1 is 1.50 bits per heavy atom. The Hall–Kier alpha value is -1.36. The zero-order chi connectivity index (χ0) is 13.0. The first-order chi connectivity index (χ1) is 8.65. The standard InChI is InChI=1S/C13H22N4O/c1-10(9-17-8-2-7-15-17)13(18)16-12-5-3-11(14)4-6-12/h2,7-8,10-12H,3-6,9,14H2,1H3,(H,16,18). The molecule has 0 aromatic carbocycles. The summed E-state index contributed by atoms with van der Waals surface area (Å²) in [6.45, 7) is 2.57. The summed E-state index contributed by atoms with van der Waals surface area (Å²) in [5.41, 5.74) is 5.85. The summed E-state index contributed by atoms with van der Waals surface area (Å²) in [6.07, 6.45) is 7.64. The molecule has 1 aromatic heterocycles. The molecule has 0 aliphatic heterocycles. The van der Waals surface area contributed by atoms with Crippen molar-refractivity contribution in [1.29, 1.82) is 0 Å². The van der Waals surface area contributed by atoms with Crippen LogP contribution in [-0.4, -0.2) is 27.8 Å². The van der Waals surface area contributed by atoms with Crippen LogP contribution in [0.4, 0.5) is 0 Å². The van der Waals surface area contributed by atoms with Gasteiger partial charge in [0.15, 0.2) is 0 Å². The molecule has 0 bridgehead atoms. The lowest BCUT2D eigenvalue weighted by molar-refractivity contribution is -0.125. The molecule has 1 saturated carbocycles. The molecule has 1 aliphatic rings. The van der Waals surface area contributed by atoms with Crippen molar-refractivity contribution in [3.63, 3.8) is 0 Å². The average molecular weight is 250 g/mol. The van der Waals surface area contributed by atoms with Gasteiger partial charge in [-0.2, -0.15) is 5.10 Å². The lowest BCUT2D eigenvalue weighted by Gasteiger charge is -2.27. The Balaban J connectivity index is 1.77. The number of carbonyl (C=O) groups excluding carboxylic acids is 1. The summed E-state index contributed by atoms with van der Waals surface area (Å²) in [4.78, 5) is 12.0. The SMILES string of the molecule is CC(Cn1cccn1)C(=O)NC1CCC(N)CC1. The third-order valence-electron chi connectivity index (χ3n) is 3.59. The van der Waals surface area contributed by atoms with Gasteiger partial charge >= 0.3 is 0 Å². The molecule has 18 heavy (non-hydrogen) atoms. The first-order valence-electron chi connectivity index (χ1n) is 6.68. The Morgan fingerprint density at radius 3 is 2.83 bits per heavy atom. The van der Waals surface area contributed by atoms with E-state index in [1.165, 1.54) is 0 Å². The predicted octanol–water partition coefficient (Wildman–Crippen LogP) is 0.905. The molecule has 5 heteroatoms. The van der Waals surface area contributed by atoms with E-state index in [0.29, 0.717) is 18.6 Å². The third kappa shape index (κ3) is 3.57. The maximum Gasteiger partial charge on any atom is 0.224 e. The summed E-state index contributed by atoms with van der Waals surface area (Å²) in [5.74, 6) is 0.0615. The van der Waals surface area contributed by atoms with Gasteiger partial charge in [-0.3, -0.25) is 9.48 Å². The fourth-order valence-corrected chi connectivity index (χ4v) is 2.38. The van der Waals surface area contributed by atoms with Crippen LogP contribution in [0, 0.1) is 5.92 Å². The van der Waals surface area contributed by atoms with E-state index in [1.54, 1.807) is 10.9 Å². The number of hydrogen-bond donors (Lipinski definition) is 2. The fourth-order valence-electron chi connectivity index (χ4n) is 2.38. The number of amides is 1. The van der Waals surface area contributed by atoms with Crippen LogP contribution in [0.1, 0.15) is 32.6 Å². The number of nitrogens with two attached hydrogens (primary N) is 1. The van der Waals surface area contributed by atoms with E-state index in [4.69, 9.17) is 5.73 Å². The van der Waals surface area contributed by atoms with Crippen molar-refractivity contribution in [3.8, 4) is 0 Å². The van der Waals surface area contributed by atoms with Gasteiger partial charge in [0.1, 0.15) is 0 Å². The first-order valence-corrected chi connectivity index (χ1v) is 6.68. The zero-order valence-electron chi connectivity index (χ0n) is 10.9. The van der Waals surface area contributed by atoms with Crippen LogP contribution >= 0.6 is 0 Å². The molecule has 1 atom stereocenters. The van der Waals surface area contributed by atoms with Crippen LogP contribution in [0.15, 0.2) is 18.5 Å². The van der Waals surface area contributed by atoms with Crippen molar-refractivity contribution in [2.24, 2.45) is 11.7 Å². The van der Waals surface area contributed by atoms with E-state index in [-0.39, 0.29) is 11.8 Å². The molecular weight excluding hydrogens is 228 g/mol. The maximum absolute atomic E-state index is 12.0. The van der Waals surface area contributed by atoms with Crippen LogP contribution < -0.4 is 11.1 Å². The second-order valence-electron chi connectivity index (χ2n) is 5.25. The number of nitrogens with one attached hydrogen (secondary N) is 1. The van der Waals surface area contributed by atoms with Crippen LogP contribution in [0.2, 0.25) is 0 Å². The summed E-state index contributed by atoms with van der Waals surface area (Å²) in [7, 11) is 0. The molecule has 5 nitrogen and oxygen atoms in total. The normalized spacial score (nSPS) is 25.7. The smallest absolute Gasteiger partial charge is 0.224 e. The quantitative estimate of drug-likeness (QED) is 0.834.